The zero-order valence-corrected chi connectivity index (χ0v) is 10.9. The molecule has 0 aliphatic rings. The van der Waals surface area contributed by atoms with Crippen LogP contribution in [0, 0.1) is 0 Å². The van der Waals surface area contributed by atoms with Crippen LogP contribution < -0.4 is 11.1 Å². The first kappa shape index (κ1) is 16.5. The predicted molar refractivity (Wildman–Crippen MR) is 68.3 cm³/mol. The molecule has 0 unspecified atom stereocenters. The normalized spacial score (nSPS) is 11.4. The minimum atomic E-state index is -4.39. The quantitative estimate of drug-likeness (QED) is 0.753. The van der Waals surface area contributed by atoms with Gasteiger partial charge < -0.3 is 15.8 Å². The van der Waals surface area contributed by atoms with Gasteiger partial charge >= 0.3 is 6.18 Å². The standard InChI is InChI=1S/C13H17F3N2O2/c14-13(15,16)11-4-2-10(3-5-11)12(19)18-7-1-8-20-9-6-17/h2-5H,1,6-9,17H2,(H,18,19). The molecule has 1 aromatic carbocycles. The molecule has 0 spiro atoms. The van der Waals surface area contributed by atoms with Crippen molar-refractivity contribution in [1.29, 1.82) is 0 Å². The summed E-state index contributed by atoms with van der Waals surface area (Å²) in [5, 5.41) is 2.60. The summed E-state index contributed by atoms with van der Waals surface area (Å²) in [6, 6.07) is 4.09. The number of amides is 1. The van der Waals surface area contributed by atoms with E-state index in [1.807, 2.05) is 0 Å². The zero-order valence-electron chi connectivity index (χ0n) is 10.9. The first-order valence-corrected chi connectivity index (χ1v) is 6.18. The van der Waals surface area contributed by atoms with Crippen molar-refractivity contribution in [3.8, 4) is 0 Å². The van der Waals surface area contributed by atoms with Gasteiger partial charge in [-0.05, 0) is 30.7 Å². The maximum absolute atomic E-state index is 12.3. The van der Waals surface area contributed by atoms with E-state index >= 15 is 0 Å². The number of halogens is 3. The highest BCUT2D eigenvalue weighted by molar-refractivity contribution is 5.94. The average Bonchev–Trinajstić information content (AvgIpc) is 2.41. The number of nitrogens with one attached hydrogen (secondary N) is 1. The number of rotatable bonds is 7. The second kappa shape index (κ2) is 7.86. The average molecular weight is 290 g/mol. The van der Waals surface area contributed by atoms with Gasteiger partial charge in [-0.1, -0.05) is 0 Å². The highest BCUT2D eigenvalue weighted by Crippen LogP contribution is 2.28. The summed E-state index contributed by atoms with van der Waals surface area (Å²) >= 11 is 0. The first-order valence-electron chi connectivity index (χ1n) is 6.18. The molecule has 3 N–H and O–H groups in total. The molecule has 0 radical (unpaired) electrons. The topological polar surface area (TPSA) is 64.3 Å². The molecule has 0 heterocycles. The highest BCUT2D eigenvalue weighted by atomic mass is 19.4. The van der Waals surface area contributed by atoms with Gasteiger partial charge in [-0.15, -0.1) is 0 Å². The third kappa shape index (κ3) is 5.58. The summed E-state index contributed by atoms with van der Waals surface area (Å²) in [5.74, 6) is -0.405. The van der Waals surface area contributed by atoms with Crippen LogP contribution in [0.2, 0.25) is 0 Å². The van der Waals surface area contributed by atoms with Gasteiger partial charge in [0.25, 0.3) is 5.91 Å². The first-order chi connectivity index (χ1) is 9.45. The molecule has 0 saturated carbocycles. The van der Waals surface area contributed by atoms with Gasteiger partial charge in [0, 0.05) is 25.3 Å². The van der Waals surface area contributed by atoms with Crippen LogP contribution in [0.25, 0.3) is 0 Å². The summed E-state index contributed by atoms with van der Waals surface area (Å²) in [5.41, 5.74) is 4.66. The number of hydrogen-bond acceptors (Lipinski definition) is 3. The van der Waals surface area contributed by atoms with Crippen molar-refractivity contribution in [1.82, 2.24) is 5.32 Å². The molecule has 112 valence electrons. The van der Waals surface area contributed by atoms with E-state index in [4.69, 9.17) is 10.5 Å². The Kier molecular flexibility index (Phi) is 6.47. The van der Waals surface area contributed by atoms with Crippen molar-refractivity contribution in [2.45, 2.75) is 12.6 Å². The minimum absolute atomic E-state index is 0.195. The maximum Gasteiger partial charge on any atom is 0.416 e. The highest BCUT2D eigenvalue weighted by Gasteiger charge is 2.30. The van der Waals surface area contributed by atoms with Crippen LogP contribution in [0.3, 0.4) is 0 Å². The van der Waals surface area contributed by atoms with E-state index < -0.39 is 17.6 Å². The third-order valence-electron chi connectivity index (χ3n) is 2.49. The SMILES string of the molecule is NCCOCCCNC(=O)c1ccc(C(F)(F)F)cc1. The van der Waals surface area contributed by atoms with Crippen molar-refractivity contribution in [2.75, 3.05) is 26.3 Å². The molecule has 20 heavy (non-hydrogen) atoms. The smallest absolute Gasteiger partial charge is 0.380 e. The predicted octanol–water partition coefficient (Wildman–Crippen LogP) is 1.80. The molecule has 0 aliphatic carbocycles. The summed E-state index contributed by atoms with van der Waals surface area (Å²) in [7, 11) is 0. The van der Waals surface area contributed by atoms with E-state index in [0.717, 1.165) is 24.3 Å². The lowest BCUT2D eigenvalue weighted by Gasteiger charge is -2.08. The van der Waals surface area contributed by atoms with Gasteiger partial charge in [-0.3, -0.25) is 4.79 Å². The van der Waals surface area contributed by atoms with Crippen LogP contribution in [0.1, 0.15) is 22.3 Å². The zero-order chi connectivity index (χ0) is 15.0. The largest absolute Gasteiger partial charge is 0.416 e. The van der Waals surface area contributed by atoms with E-state index in [9.17, 15) is 18.0 Å². The molecule has 7 heteroatoms. The number of alkyl halides is 3. The van der Waals surface area contributed by atoms with E-state index in [1.54, 1.807) is 0 Å². The Bertz CT molecular complexity index is 419. The lowest BCUT2D eigenvalue weighted by Crippen LogP contribution is -2.25. The van der Waals surface area contributed by atoms with Crippen LogP contribution in [0.5, 0.6) is 0 Å². The van der Waals surface area contributed by atoms with Gasteiger partial charge in [0.05, 0.1) is 12.2 Å². The van der Waals surface area contributed by atoms with Crippen LogP contribution in [-0.4, -0.2) is 32.2 Å². The maximum atomic E-state index is 12.3. The number of ether oxygens (including phenoxy) is 1. The van der Waals surface area contributed by atoms with Gasteiger partial charge in [0.1, 0.15) is 0 Å². The van der Waals surface area contributed by atoms with E-state index in [-0.39, 0.29) is 5.56 Å². The fourth-order valence-electron chi connectivity index (χ4n) is 1.47. The Balaban J connectivity index is 2.37. The Labute approximate surface area is 115 Å². The van der Waals surface area contributed by atoms with E-state index in [0.29, 0.717) is 32.7 Å². The lowest BCUT2D eigenvalue weighted by molar-refractivity contribution is -0.137. The number of carbonyl (C=O) groups excluding carboxylic acids is 1. The fourth-order valence-corrected chi connectivity index (χ4v) is 1.47. The Hall–Kier alpha value is -1.60. The molecule has 1 rings (SSSR count). The lowest BCUT2D eigenvalue weighted by atomic mass is 10.1. The molecule has 0 aliphatic heterocycles. The van der Waals surface area contributed by atoms with Crippen molar-refractivity contribution in [3.63, 3.8) is 0 Å². The number of hydrogen-bond donors (Lipinski definition) is 2. The molecule has 1 aromatic rings. The number of nitrogens with two attached hydrogens (primary N) is 1. The van der Waals surface area contributed by atoms with Crippen molar-refractivity contribution in [2.24, 2.45) is 5.73 Å². The summed E-state index contributed by atoms with van der Waals surface area (Å²) in [4.78, 5) is 11.6. The van der Waals surface area contributed by atoms with Gasteiger partial charge in [0.15, 0.2) is 0 Å². The number of benzene rings is 1. The molecule has 0 bridgehead atoms. The molecule has 4 nitrogen and oxygen atoms in total. The summed E-state index contributed by atoms with van der Waals surface area (Å²) < 4.78 is 42.2. The van der Waals surface area contributed by atoms with Crippen LogP contribution in [0.4, 0.5) is 13.2 Å². The molecule has 0 fully saturated rings. The second-order valence-corrected chi connectivity index (χ2v) is 4.09. The Morgan fingerprint density at radius 3 is 2.40 bits per heavy atom. The monoisotopic (exact) mass is 290 g/mol. The fraction of sp³-hybridized carbons (Fsp3) is 0.462. The molecular weight excluding hydrogens is 273 g/mol. The Morgan fingerprint density at radius 1 is 1.20 bits per heavy atom. The van der Waals surface area contributed by atoms with Crippen LogP contribution in [-0.2, 0) is 10.9 Å². The van der Waals surface area contributed by atoms with Gasteiger partial charge in [0.2, 0.25) is 0 Å². The third-order valence-corrected chi connectivity index (χ3v) is 2.49. The van der Waals surface area contributed by atoms with Crippen molar-refractivity contribution < 1.29 is 22.7 Å². The minimum Gasteiger partial charge on any atom is -0.380 e. The molecular formula is C13H17F3N2O2. The van der Waals surface area contributed by atoms with E-state index in [2.05, 4.69) is 5.32 Å². The van der Waals surface area contributed by atoms with Gasteiger partial charge in [-0.2, -0.15) is 13.2 Å². The van der Waals surface area contributed by atoms with Crippen LogP contribution >= 0.6 is 0 Å². The van der Waals surface area contributed by atoms with Crippen molar-refractivity contribution in [3.05, 3.63) is 35.4 Å². The Morgan fingerprint density at radius 2 is 1.85 bits per heavy atom. The van der Waals surface area contributed by atoms with E-state index in [1.165, 1.54) is 0 Å². The summed E-state index contributed by atoms with van der Waals surface area (Å²) in [6.45, 7) is 1.78. The van der Waals surface area contributed by atoms with Gasteiger partial charge in [-0.25, -0.2) is 0 Å². The summed E-state index contributed by atoms with van der Waals surface area (Å²) in [6.07, 6.45) is -3.78. The molecule has 1 amide bonds. The van der Waals surface area contributed by atoms with Crippen molar-refractivity contribution >= 4 is 5.91 Å². The molecule has 0 saturated heterocycles. The second-order valence-electron chi connectivity index (χ2n) is 4.09. The molecule has 0 atom stereocenters. The number of carbonyl (C=O) groups is 1. The molecule has 0 aromatic heterocycles. The van der Waals surface area contributed by atoms with Crippen LogP contribution in [0.15, 0.2) is 24.3 Å².